The maximum atomic E-state index is 12.8. The van der Waals surface area contributed by atoms with E-state index in [1.54, 1.807) is 4.90 Å². The van der Waals surface area contributed by atoms with Crippen molar-refractivity contribution in [1.29, 1.82) is 0 Å². The molecule has 106 valence electrons. The van der Waals surface area contributed by atoms with Crippen molar-refractivity contribution in [2.45, 2.75) is 0 Å². The first-order valence-corrected chi connectivity index (χ1v) is 7.74. The first-order valence-electron chi connectivity index (χ1n) is 6.66. The van der Waals surface area contributed by atoms with E-state index >= 15 is 0 Å². The normalized spacial score (nSPS) is 10.8. The van der Waals surface area contributed by atoms with E-state index in [9.17, 15) is 4.79 Å². The second-order valence-corrected chi connectivity index (χ2v) is 6.13. The van der Waals surface area contributed by atoms with Gasteiger partial charge in [0.05, 0.1) is 5.69 Å². The van der Waals surface area contributed by atoms with Gasteiger partial charge in [0.15, 0.2) is 0 Å². The fourth-order valence-electron chi connectivity index (χ4n) is 2.50. The molecule has 0 spiro atoms. The van der Waals surface area contributed by atoms with Gasteiger partial charge in [-0.25, -0.2) is 0 Å². The van der Waals surface area contributed by atoms with E-state index in [0.29, 0.717) is 5.69 Å². The van der Waals surface area contributed by atoms with Crippen LogP contribution in [-0.4, -0.2) is 17.5 Å². The average molecular weight is 390 g/mol. The molecule has 0 aliphatic carbocycles. The number of benzene rings is 2. The fourth-order valence-corrected chi connectivity index (χ4v) is 3.25. The molecule has 0 aliphatic heterocycles. The number of halogens is 1. The summed E-state index contributed by atoms with van der Waals surface area (Å²) in [6.45, 7) is 0. The van der Waals surface area contributed by atoms with Crippen LogP contribution >= 0.6 is 22.6 Å². The van der Waals surface area contributed by atoms with Gasteiger partial charge in [0.1, 0.15) is 5.69 Å². The summed E-state index contributed by atoms with van der Waals surface area (Å²) in [7, 11) is 3.75. The summed E-state index contributed by atoms with van der Waals surface area (Å²) in [4.78, 5) is 14.5. The molecule has 0 aliphatic rings. The van der Waals surface area contributed by atoms with Gasteiger partial charge < -0.3 is 9.47 Å². The zero-order valence-electron chi connectivity index (χ0n) is 11.9. The predicted octanol–water partition coefficient (Wildman–Crippen LogP) is 4.06. The first-order chi connectivity index (χ1) is 10.1. The van der Waals surface area contributed by atoms with Crippen molar-refractivity contribution < 1.29 is 4.79 Å². The molecule has 1 amide bonds. The smallest absolute Gasteiger partial charge is 0.274 e. The second kappa shape index (κ2) is 5.52. The van der Waals surface area contributed by atoms with Crippen LogP contribution in [0.5, 0.6) is 0 Å². The molecule has 0 radical (unpaired) electrons. The summed E-state index contributed by atoms with van der Waals surface area (Å²) in [6.07, 6.45) is 0. The Hall–Kier alpha value is -1.82. The van der Waals surface area contributed by atoms with Gasteiger partial charge in [-0.1, -0.05) is 30.3 Å². The van der Waals surface area contributed by atoms with Crippen LogP contribution in [0, 0.1) is 3.57 Å². The van der Waals surface area contributed by atoms with Gasteiger partial charge in [-0.3, -0.25) is 4.79 Å². The highest BCUT2D eigenvalue weighted by Gasteiger charge is 2.19. The zero-order chi connectivity index (χ0) is 15.0. The lowest BCUT2D eigenvalue weighted by molar-refractivity contribution is 0.0985. The van der Waals surface area contributed by atoms with Gasteiger partial charge in [0.25, 0.3) is 5.91 Å². The topological polar surface area (TPSA) is 25.2 Å². The Bertz CT molecular complexity index is 823. The summed E-state index contributed by atoms with van der Waals surface area (Å²) in [6, 6.07) is 17.9. The highest BCUT2D eigenvalue weighted by molar-refractivity contribution is 14.1. The lowest BCUT2D eigenvalue weighted by Gasteiger charge is -2.19. The number of fused-ring (bicyclic) bond motifs is 1. The minimum atomic E-state index is -0.00202. The Morgan fingerprint density at radius 1 is 1.10 bits per heavy atom. The average Bonchev–Trinajstić information content (AvgIpc) is 2.84. The minimum absolute atomic E-state index is 0.00202. The summed E-state index contributed by atoms with van der Waals surface area (Å²) >= 11 is 2.25. The highest BCUT2D eigenvalue weighted by atomic mass is 127. The van der Waals surface area contributed by atoms with E-state index < -0.39 is 0 Å². The lowest BCUT2D eigenvalue weighted by atomic mass is 10.2. The second-order valence-electron chi connectivity index (χ2n) is 4.96. The third-order valence-corrected chi connectivity index (χ3v) is 4.60. The standard InChI is InChI=1S/C17H15IN2O/c1-19-14-9-5-3-7-12(14)11-16(19)17(21)20(2)15-10-6-4-8-13(15)18/h3-11H,1-2H3. The molecule has 1 aromatic heterocycles. The van der Waals surface area contributed by atoms with Crippen molar-refractivity contribution in [3.63, 3.8) is 0 Å². The summed E-state index contributed by atoms with van der Waals surface area (Å²) in [5.74, 6) is -0.00202. The number of para-hydroxylation sites is 2. The molecule has 0 unspecified atom stereocenters. The SMILES string of the molecule is CN(C(=O)c1cc2ccccc2n1C)c1ccccc1I. The Balaban J connectivity index is 2.04. The molecule has 0 fully saturated rings. The molecular formula is C17H15IN2O. The number of hydrogen-bond donors (Lipinski definition) is 0. The van der Waals surface area contributed by atoms with Crippen LogP contribution in [0.2, 0.25) is 0 Å². The summed E-state index contributed by atoms with van der Waals surface area (Å²) in [5, 5.41) is 1.08. The summed E-state index contributed by atoms with van der Waals surface area (Å²) in [5.41, 5.74) is 2.68. The molecule has 3 rings (SSSR count). The number of carbonyl (C=O) groups excluding carboxylic acids is 1. The lowest BCUT2D eigenvalue weighted by Crippen LogP contribution is -2.28. The zero-order valence-corrected chi connectivity index (χ0v) is 14.0. The maximum absolute atomic E-state index is 12.8. The van der Waals surface area contributed by atoms with Crippen LogP contribution in [0.4, 0.5) is 5.69 Å². The van der Waals surface area contributed by atoms with Crippen LogP contribution in [-0.2, 0) is 7.05 Å². The van der Waals surface area contributed by atoms with Crippen LogP contribution in [0.1, 0.15) is 10.5 Å². The molecule has 2 aromatic carbocycles. The largest absolute Gasteiger partial charge is 0.340 e. The number of rotatable bonds is 2. The van der Waals surface area contributed by atoms with E-state index in [2.05, 4.69) is 22.6 Å². The number of anilines is 1. The molecule has 4 heteroatoms. The predicted molar refractivity (Wildman–Crippen MR) is 94.8 cm³/mol. The van der Waals surface area contributed by atoms with Crippen LogP contribution in [0.3, 0.4) is 0 Å². The van der Waals surface area contributed by atoms with Gasteiger partial charge in [-0.15, -0.1) is 0 Å². The Morgan fingerprint density at radius 2 is 1.76 bits per heavy atom. The number of amides is 1. The number of nitrogens with zero attached hydrogens (tertiary/aromatic N) is 2. The maximum Gasteiger partial charge on any atom is 0.274 e. The third kappa shape index (κ3) is 2.44. The van der Waals surface area contributed by atoms with Gasteiger partial charge in [0.2, 0.25) is 0 Å². The molecule has 21 heavy (non-hydrogen) atoms. The Kier molecular flexibility index (Phi) is 3.71. The minimum Gasteiger partial charge on any atom is -0.340 e. The highest BCUT2D eigenvalue weighted by Crippen LogP contribution is 2.24. The Labute approximate surface area is 137 Å². The van der Waals surface area contributed by atoms with Gasteiger partial charge in [-0.2, -0.15) is 0 Å². The van der Waals surface area contributed by atoms with E-state index in [4.69, 9.17) is 0 Å². The monoisotopic (exact) mass is 390 g/mol. The molecule has 1 heterocycles. The molecule has 0 saturated carbocycles. The van der Waals surface area contributed by atoms with E-state index in [1.807, 2.05) is 73.3 Å². The van der Waals surface area contributed by atoms with Crippen molar-refractivity contribution in [2.75, 3.05) is 11.9 Å². The van der Waals surface area contributed by atoms with Crippen molar-refractivity contribution >= 4 is 45.1 Å². The number of aromatic nitrogens is 1. The Morgan fingerprint density at radius 3 is 2.48 bits per heavy atom. The van der Waals surface area contributed by atoms with E-state index in [0.717, 1.165) is 20.2 Å². The fraction of sp³-hybridized carbons (Fsp3) is 0.118. The molecule has 0 atom stereocenters. The molecule has 3 aromatic rings. The van der Waals surface area contributed by atoms with E-state index in [-0.39, 0.29) is 5.91 Å². The van der Waals surface area contributed by atoms with Crippen molar-refractivity contribution in [1.82, 2.24) is 4.57 Å². The molecular weight excluding hydrogens is 375 g/mol. The van der Waals surface area contributed by atoms with E-state index in [1.165, 1.54) is 0 Å². The van der Waals surface area contributed by atoms with Crippen molar-refractivity contribution in [3.05, 3.63) is 63.9 Å². The number of aryl methyl sites for hydroxylation is 1. The molecule has 3 nitrogen and oxygen atoms in total. The first kappa shape index (κ1) is 14.1. The van der Waals surface area contributed by atoms with Gasteiger partial charge in [0, 0.05) is 28.6 Å². The van der Waals surface area contributed by atoms with Crippen LogP contribution < -0.4 is 4.90 Å². The number of hydrogen-bond acceptors (Lipinski definition) is 1. The molecule has 0 N–H and O–H groups in total. The van der Waals surface area contributed by atoms with Gasteiger partial charge in [-0.05, 0) is 46.9 Å². The molecule has 0 bridgehead atoms. The number of carbonyl (C=O) groups is 1. The van der Waals surface area contributed by atoms with Gasteiger partial charge >= 0.3 is 0 Å². The molecule has 0 saturated heterocycles. The summed E-state index contributed by atoms with van der Waals surface area (Å²) < 4.78 is 3.01. The van der Waals surface area contributed by atoms with Crippen molar-refractivity contribution in [3.8, 4) is 0 Å². The quantitative estimate of drug-likeness (QED) is 0.606. The third-order valence-electron chi connectivity index (χ3n) is 3.69. The van der Waals surface area contributed by atoms with Crippen molar-refractivity contribution in [2.24, 2.45) is 7.05 Å². The van der Waals surface area contributed by atoms with Crippen LogP contribution in [0.15, 0.2) is 54.6 Å². The van der Waals surface area contributed by atoms with Crippen LogP contribution in [0.25, 0.3) is 10.9 Å².